The number of nitrogens with one attached hydrogen (secondary N) is 1. The van der Waals surface area contributed by atoms with Gasteiger partial charge in [-0.1, -0.05) is 46.6 Å². The van der Waals surface area contributed by atoms with Crippen molar-refractivity contribution in [3.63, 3.8) is 0 Å². The minimum atomic E-state index is -0.323. The van der Waals surface area contributed by atoms with E-state index >= 15 is 0 Å². The largest absolute Gasteiger partial charge is 0.497 e. The molecule has 112 valence electrons. The summed E-state index contributed by atoms with van der Waals surface area (Å²) < 4.78 is 20.3. The number of ether oxygens (including phenoxy) is 1. The van der Waals surface area contributed by atoms with Crippen LogP contribution in [0.3, 0.4) is 0 Å². The van der Waals surface area contributed by atoms with Crippen molar-refractivity contribution in [3.8, 4) is 5.75 Å². The van der Waals surface area contributed by atoms with E-state index in [0.717, 1.165) is 15.8 Å². The highest BCUT2D eigenvalue weighted by Gasteiger charge is 2.19. The van der Waals surface area contributed by atoms with E-state index in [9.17, 15) is 4.39 Å². The molecule has 0 fully saturated rings. The van der Waals surface area contributed by atoms with Gasteiger partial charge in [0.2, 0.25) is 0 Å². The van der Waals surface area contributed by atoms with E-state index < -0.39 is 0 Å². The molecule has 2 rings (SSSR count). The zero-order chi connectivity index (χ0) is 15.4. The average Bonchev–Trinajstić information content (AvgIpc) is 2.46. The van der Waals surface area contributed by atoms with Crippen molar-refractivity contribution < 1.29 is 9.13 Å². The second kappa shape index (κ2) is 7.25. The first kappa shape index (κ1) is 16.3. The van der Waals surface area contributed by atoms with Crippen LogP contribution in [-0.2, 0) is 0 Å². The van der Waals surface area contributed by atoms with Crippen molar-refractivity contribution in [2.75, 3.05) is 13.7 Å². The molecule has 0 saturated heterocycles. The lowest BCUT2D eigenvalue weighted by molar-refractivity contribution is 0.414. The van der Waals surface area contributed by atoms with Crippen LogP contribution in [-0.4, -0.2) is 13.7 Å². The van der Waals surface area contributed by atoms with E-state index in [1.54, 1.807) is 19.2 Å². The Morgan fingerprint density at radius 2 is 1.95 bits per heavy atom. The Morgan fingerprint density at radius 3 is 2.52 bits per heavy atom. The Balaban J connectivity index is 2.48. The van der Waals surface area contributed by atoms with E-state index in [4.69, 9.17) is 16.3 Å². The van der Waals surface area contributed by atoms with Crippen LogP contribution in [0.5, 0.6) is 5.75 Å². The maximum absolute atomic E-state index is 14.2. The number of hydrogen-bond donors (Lipinski definition) is 1. The third kappa shape index (κ3) is 3.76. The lowest BCUT2D eigenvalue weighted by Gasteiger charge is -2.21. The Hall–Kier alpha value is -1.10. The molecule has 0 spiro atoms. The molecular formula is C16H16BrClFNO. The fourth-order valence-corrected chi connectivity index (χ4v) is 2.94. The lowest BCUT2D eigenvalue weighted by Crippen LogP contribution is -2.23. The molecule has 1 N–H and O–H groups in total. The van der Waals surface area contributed by atoms with Gasteiger partial charge in [0.15, 0.2) is 0 Å². The molecule has 0 heterocycles. The van der Waals surface area contributed by atoms with Crippen LogP contribution in [0.4, 0.5) is 4.39 Å². The van der Waals surface area contributed by atoms with Gasteiger partial charge in [-0.3, -0.25) is 0 Å². The van der Waals surface area contributed by atoms with Gasteiger partial charge in [-0.25, -0.2) is 4.39 Å². The molecule has 2 aromatic carbocycles. The smallest absolute Gasteiger partial charge is 0.129 e. The molecule has 2 aromatic rings. The predicted octanol–water partition coefficient (Wildman–Crippen LogP) is 4.95. The fraction of sp³-hybridized carbons (Fsp3) is 0.250. The highest BCUT2D eigenvalue weighted by Crippen LogP contribution is 2.33. The Labute approximate surface area is 137 Å². The molecule has 21 heavy (non-hydrogen) atoms. The molecule has 0 aromatic heterocycles. The highest BCUT2D eigenvalue weighted by atomic mass is 79.9. The highest BCUT2D eigenvalue weighted by molar-refractivity contribution is 9.10. The van der Waals surface area contributed by atoms with Crippen LogP contribution in [0.25, 0.3) is 0 Å². The van der Waals surface area contributed by atoms with Gasteiger partial charge in [-0.15, -0.1) is 0 Å². The summed E-state index contributed by atoms with van der Waals surface area (Å²) in [5, 5.41) is 3.69. The molecule has 2 nitrogen and oxygen atoms in total. The van der Waals surface area contributed by atoms with Gasteiger partial charge in [0, 0.05) is 15.1 Å². The van der Waals surface area contributed by atoms with Crippen molar-refractivity contribution in [1.82, 2.24) is 5.32 Å². The van der Waals surface area contributed by atoms with E-state index in [1.807, 2.05) is 25.1 Å². The van der Waals surface area contributed by atoms with Gasteiger partial charge in [0.05, 0.1) is 13.2 Å². The van der Waals surface area contributed by atoms with Gasteiger partial charge in [0.1, 0.15) is 11.6 Å². The first-order valence-electron chi connectivity index (χ1n) is 6.58. The molecule has 0 aliphatic carbocycles. The van der Waals surface area contributed by atoms with Crippen LogP contribution in [0, 0.1) is 5.82 Å². The molecule has 0 bridgehead atoms. The second-order valence-corrected chi connectivity index (χ2v) is 5.83. The number of methoxy groups -OCH3 is 1. The Bertz CT molecular complexity index is 636. The molecule has 5 heteroatoms. The third-order valence-corrected chi connectivity index (χ3v) is 4.12. The zero-order valence-electron chi connectivity index (χ0n) is 11.8. The van der Waals surface area contributed by atoms with Crippen LogP contribution in [0.1, 0.15) is 24.1 Å². The molecule has 0 aliphatic heterocycles. The Kier molecular flexibility index (Phi) is 5.62. The summed E-state index contributed by atoms with van der Waals surface area (Å²) in [7, 11) is 1.61. The number of halogens is 3. The minimum absolute atomic E-state index is 0.257. The maximum atomic E-state index is 14.2. The van der Waals surface area contributed by atoms with Crippen molar-refractivity contribution >= 4 is 27.5 Å². The third-order valence-electron chi connectivity index (χ3n) is 3.20. The van der Waals surface area contributed by atoms with E-state index in [1.165, 1.54) is 6.07 Å². The topological polar surface area (TPSA) is 21.3 Å². The van der Waals surface area contributed by atoms with Gasteiger partial charge < -0.3 is 10.1 Å². The van der Waals surface area contributed by atoms with Gasteiger partial charge in [0.25, 0.3) is 0 Å². The van der Waals surface area contributed by atoms with Crippen LogP contribution < -0.4 is 10.1 Å². The van der Waals surface area contributed by atoms with E-state index in [2.05, 4.69) is 21.2 Å². The van der Waals surface area contributed by atoms with Crippen molar-refractivity contribution in [2.45, 2.75) is 13.0 Å². The van der Waals surface area contributed by atoms with Gasteiger partial charge in [-0.2, -0.15) is 0 Å². The quantitative estimate of drug-likeness (QED) is 0.802. The number of benzene rings is 2. The zero-order valence-corrected chi connectivity index (χ0v) is 14.1. The van der Waals surface area contributed by atoms with Crippen LogP contribution in [0.2, 0.25) is 5.02 Å². The van der Waals surface area contributed by atoms with Crippen molar-refractivity contribution in [1.29, 1.82) is 0 Å². The van der Waals surface area contributed by atoms with Gasteiger partial charge >= 0.3 is 0 Å². The summed E-state index contributed by atoms with van der Waals surface area (Å²) in [5.41, 5.74) is 1.51. The first-order chi connectivity index (χ1) is 10.1. The summed E-state index contributed by atoms with van der Waals surface area (Å²) in [5.74, 6) is 0.425. The lowest BCUT2D eigenvalue weighted by atomic mass is 9.98. The summed E-state index contributed by atoms with van der Waals surface area (Å²) in [6.07, 6.45) is 0. The molecular weight excluding hydrogens is 357 g/mol. The molecule has 0 radical (unpaired) electrons. The standard InChI is InChI=1S/C16H16BrClFNO/c1-3-20-16(13-6-4-10(18)8-15(13)19)12-7-5-11(21-2)9-14(12)17/h4-9,16,20H,3H2,1-2H3. The normalized spacial score (nSPS) is 12.2. The van der Waals surface area contributed by atoms with Crippen molar-refractivity contribution in [3.05, 3.63) is 62.8 Å². The maximum Gasteiger partial charge on any atom is 0.129 e. The predicted molar refractivity (Wildman–Crippen MR) is 87.6 cm³/mol. The first-order valence-corrected chi connectivity index (χ1v) is 7.75. The van der Waals surface area contributed by atoms with E-state index in [0.29, 0.717) is 17.1 Å². The van der Waals surface area contributed by atoms with Crippen LogP contribution in [0.15, 0.2) is 40.9 Å². The number of rotatable bonds is 5. The average molecular weight is 373 g/mol. The minimum Gasteiger partial charge on any atom is -0.497 e. The van der Waals surface area contributed by atoms with Crippen LogP contribution >= 0.6 is 27.5 Å². The molecule has 1 atom stereocenters. The Morgan fingerprint density at radius 1 is 1.24 bits per heavy atom. The summed E-state index contributed by atoms with van der Waals surface area (Å²) in [6.45, 7) is 2.70. The van der Waals surface area contributed by atoms with Gasteiger partial charge in [-0.05, 0) is 36.4 Å². The monoisotopic (exact) mass is 371 g/mol. The molecule has 0 amide bonds. The second-order valence-electron chi connectivity index (χ2n) is 4.54. The molecule has 0 saturated carbocycles. The molecule has 1 unspecified atom stereocenters. The summed E-state index contributed by atoms with van der Waals surface area (Å²) in [4.78, 5) is 0. The summed E-state index contributed by atoms with van der Waals surface area (Å²) >= 11 is 9.36. The van der Waals surface area contributed by atoms with E-state index in [-0.39, 0.29) is 11.9 Å². The molecule has 0 aliphatic rings. The SMILES string of the molecule is CCNC(c1ccc(Cl)cc1F)c1ccc(OC)cc1Br. The fourth-order valence-electron chi connectivity index (χ4n) is 2.20. The van der Waals surface area contributed by atoms with Crippen molar-refractivity contribution in [2.24, 2.45) is 0 Å². The summed E-state index contributed by atoms with van der Waals surface area (Å²) in [6, 6.07) is 10.1. The number of hydrogen-bond acceptors (Lipinski definition) is 2.